The highest BCUT2D eigenvalue weighted by molar-refractivity contribution is 7.89. The first-order chi connectivity index (χ1) is 9.76. The molecule has 21 heavy (non-hydrogen) atoms. The maximum atomic E-state index is 11.9. The van der Waals surface area contributed by atoms with Gasteiger partial charge in [-0.25, -0.2) is 17.9 Å². The van der Waals surface area contributed by atoms with Gasteiger partial charge in [-0.3, -0.25) is 4.79 Å². The van der Waals surface area contributed by atoms with E-state index in [0.29, 0.717) is 32.4 Å². The van der Waals surface area contributed by atoms with Crippen LogP contribution >= 0.6 is 0 Å². The Bertz CT molecular complexity index is 483. The Balaban J connectivity index is 2.44. The second-order valence-corrected chi connectivity index (χ2v) is 7.23. The monoisotopic (exact) mass is 321 g/mol. The van der Waals surface area contributed by atoms with Crippen molar-refractivity contribution in [2.45, 2.75) is 26.2 Å². The van der Waals surface area contributed by atoms with E-state index in [4.69, 9.17) is 0 Å². The van der Waals surface area contributed by atoms with Crippen LogP contribution in [0.15, 0.2) is 0 Å². The van der Waals surface area contributed by atoms with Crippen LogP contribution in [0.3, 0.4) is 0 Å². The summed E-state index contributed by atoms with van der Waals surface area (Å²) in [5, 5.41) is 11.8. The van der Waals surface area contributed by atoms with Gasteiger partial charge in [0.2, 0.25) is 10.0 Å². The van der Waals surface area contributed by atoms with E-state index in [9.17, 15) is 23.1 Å². The second-order valence-electron chi connectivity index (χ2n) is 5.18. The lowest BCUT2D eigenvalue weighted by atomic mass is 9.76. The molecule has 9 heteroatoms. The van der Waals surface area contributed by atoms with Crippen molar-refractivity contribution in [3.63, 3.8) is 0 Å². The summed E-state index contributed by atoms with van der Waals surface area (Å²) in [4.78, 5) is 24.7. The first-order valence-corrected chi connectivity index (χ1v) is 8.59. The number of carboxylic acids is 1. The summed E-state index contributed by atoms with van der Waals surface area (Å²) in [6, 6.07) is -0.351. The average Bonchev–Trinajstić information content (AvgIpc) is 2.46. The lowest BCUT2D eigenvalue weighted by Gasteiger charge is -2.38. The summed E-state index contributed by atoms with van der Waals surface area (Å²) in [7, 11) is -2.02. The Morgan fingerprint density at radius 2 is 1.86 bits per heavy atom. The molecule has 1 rings (SSSR count). The van der Waals surface area contributed by atoms with E-state index in [1.807, 2.05) is 6.92 Å². The number of carbonyl (C=O) groups is 2. The van der Waals surface area contributed by atoms with Gasteiger partial charge >= 0.3 is 12.0 Å². The van der Waals surface area contributed by atoms with Gasteiger partial charge in [0, 0.05) is 19.6 Å². The van der Waals surface area contributed by atoms with Crippen molar-refractivity contribution in [1.82, 2.24) is 14.9 Å². The van der Waals surface area contributed by atoms with Crippen molar-refractivity contribution in [2.75, 3.05) is 32.4 Å². The molecule has 0 spiro atoms. The van der Waals surface area contributed by atoms with Gasteiger partial charge in [0.1, 0.15) is 0 Å². The van der Waals surface area contributed by atoms with Crippen molar-refractivity contribution < 1.29 is 23.1 Å². The highest BCUT2D eigenvalue weighted by atomic mass is 32.2. The molecule has 0 saturated carbocycles. The summed E-state index contributed by atoms with van der Waals surface area (Å²) in [6.45, 7) is 2.60. The molecule has 0 radical (unpaired) electrons. The Labute approximate surface area is 124 Å². The number of nitrogens with one attached hydrogen (secondary N) is 2. The van der Waals surface area contributed by atoms with Crippen LogP contribution in [0.4, 0.5) is 4.79 Å². The number of rotatable bonds is 6. The van der Waals surface area contributed by atoms with Crippen LogP contribution in [0.25, 0.3) is 0 Å². The van der Waals surface area contributed by atoms with Crippen molar-refractivity contribution in [3.05, 3.63) is 0 Å². The van der Waals surface area contributed by atoms with E-state index in [0.717, 1.165) is 0 Å². The fraction of sp³-hybridized carbons (Fsp3) is 0.833. The van der Waals surface area contributed by atoms with Crippen LogP contribution in [0.5, 0.6) is 0 Å². The SMILES string of the molecule is CCC1(C(=O)O)CCN(C(=O)NCCS(=O)(=O)NC)CC1. The predicted octanol–water partition coefficient (Wildman–Crippen LogP) is -0.178. The van der Waals surface area contributed by atoms with E-state index in [1.54, 1.807) is 0 Å². The fourth-order valence-corrected chi connectivity index (χ4v) is 2.94. The molecule has 0 atom stereocenters. The number of urea groups is 1. The summed E-state index contributed by atoms with van der Waals surface area (Å²) in [6.07, 6.45) is 1.38. The number of amides is 2. The van der Waals surface area contributed by atoms with Gasteiger partial charge in [-0.15, -0.1) is 0 Å². The van der Waals surface area contributed by atoms with Crippen molar-refractivity contribution >= 4 is 22.0 Å². The van der Waals surface area contributed by atoms with Gasteiger partial charge in [0.25, 0.3) is 0 Å². The molecule has 0 aromatic carbocycles. The van der Waals surface area contributed by atoms with Gasteiger partial charge < -0.3 is 15.3 Å². The summed E-state index contributed by atoms with van der Waals surface area (Å²) >= 11 is 0. The third-order valence-electron chi connectivity index (χ3n) is 4.10. The van der Waals surface area contributed by atoms with Crippen molar-refractivity contribution in [3.8, 4) is 0 Å². The van der Waals surface area contributed by atoms with Crippen LogP contribution in [0.2, 0.25) is 0 Å². The maximum Gasteiger partial charge on any atom is 0.317 e. The maximum absolute atomic E-state index is 11.9. The van der Waals surface area contributed by atoms with Crippen molar-refractivity contribution in [2.24, 2.45) is 5.41 Å². The molecule has 122 valence electrons. The van der Waals surface area contributed by atoms with Crippen LogP contribution in [0.1, 0.15) is 26.2 Å². The molecule has 0 bridgehead atoms. The van der Waals surface area contributed by atoms with Crippen LogP contribution in [0, 0.1) is 5.41 Å². The topological polar surface area (TPSA) is 116 Å². The predicted molar refractivity (Wildman–Crippen MR) is 77.4 cm³/mol. The number of carbonyl (C=O) groups excluding carboxylic acids is 1. The molecular weight excluding hydrogens is 298 g/mol. The minimum absolute atomic E-state index is 0.0242. The standard InChI is InChI=1S/C12H23N3O5S/c1-3-12(10(16)17)4-7-15(8-5-12)11(18)14-6-9-21(19,20)13-2/h13H,3-9H2,1-2H3,(H,14,18)(H,16,17). The Kier molecular flexibility index (Phi) is 5.97. The molecule has 0 aromatic rings. The molecule has 3 N–H and O–H groups in total. The van der Waals surface area contributed by atoms with E-state index in [-0.39, 0.29) is 18.3 Å². The number of sulfonamides is 1. The molecule has 0 unspecified atom stereocenters. The summed E-state index contributed by atoms with van der Waals surface area (Å²) in [5.74, 6) is -0.998. The lowest BCUT2D eigenvalue weighted by molar-refractivity contribution is -0.151. The Morgan fingerprint density at radius 3 is 2.29 bits per heavy atom. The number of piperidine rings is 1. The average molecular weight is 321 g/mol. The molecule has 1 aliphatic heterocycles. The largest absolute Gasteiger partial charge is 0.481 e. The zero-order valence-corrected chi connectivity index (χ0v) is 13.2. The number of aliphatic carboxylic acids is 1. The molecule has 1 aliphatic rings. The zero-order valence-electron chi connectivity index (χ0n) is 12.4. The smallest absolute Gasteiger partial charge is 0.317 e. The van der Waals surface area contributed by atoms with E-state index in [1.165, 1.54) is 11.9 Å². The number of hydrogen-bond acceptors (Lipinski definition) is 4. The highest BCUT2D eigenvalue weighted by Crippen LogP contribution is 2.35. The molecule has 1 saturated heterocycles. The lowest BCUT2D eigenvalue weighted by Crippen LogP contribution is -2.50. The third kappa shape index (κ3) is 4.57. The fourth-order valence-electron chi connectivity index (χ4n) is 2.36. The van der Waals surface area contributed by atoms with E-state index >= 15 is 0 Å². The number of nitrogens with zero attached hydrogens (tertiary/aromatic N) is 1. The normalized spacial score (nSPS) is 18.3. The molecule has 0 aliphatic carbocycles. The molecule has 1 heterocycles. The molecule has 2 amide bonds. The third-order valence-corrected chi connectivity index (χ3v) is 5.46. The van der Waals surface area contributed by atoms with Gasteiger partial charge in [-0.1, -0.05) is 6.92 Å². The quantitative estimate of drug-likeness (QED) is 0.628. The minimum atomic E-state index is -3.34. The zero-order chi connectivity index (χ0) is 16.1. The Morgan fingerprint density at radius 1 is 1.29 bits per heavy atom. The van der Waals surface area contributed by atoms with Crippen LogP contribution in [-0.2, 0) is 14.8 Å². The minimum Gasteiger partial charge on any atom is -0.481 e. The molecular formula is C12H23N3O5S. The number of hydrogen-bond donors (Lipinski definition) is 3. The van der Waals surface area contributed by atoms with Gasteiger partial charge in [-0.05, 0) is 26.3 Å². The first kappa shape index (κ1) is 17.7. The Hall–Kier alpha value is -1.35. The van der Waals surface area contributed by atoms with E-state index in [2.05, 4.69) is 10.0 Å². The van der Waals surface area contributed by atoms with E-state index < -0.39 is 21.4 Å². The first-order valence-electron chi connectivity index (χ1n) is 6.94. The highest BCUT2D eigenvalue weighted by Gasteiger charge is 2.40. The van der Waals surface area contributed by atoms with Gasteiger partial charge in [-0.2, -0.15) is 0 Å². The van der Waals surface area contributed by atoms with Crippen LogP contribution < -0.4 is 10.0 Å². The van der Waals surface area contributed by atoms with Gasteiger partial charge in [0.05, 0.1) is 11.2 Å². The summed E-state index contributed by atoms with van der Waals surface area (Å²) in [5.41, 5.74) is -0.744. The number of carboxylic acid groups (broad SMARTS) is 1. The second kappa shape index (κ2) is 7.08. The van der Waals surface area contributed by atoms with Crippen LogP contribution in [-0.4, -0.2) is 62.9 Å². The summed E-state index contributed by atoms with van der Waals surface area (Å²) < 4.78 is 24.6. The van der Waals surface area contributed by atoms with Gasteiger partial charge in [0.15, 0.2) is 0 Å². The number of likely N-dealkylation sites (tertiary alicyclic amines) is 1. The molecule has 0 aromatic heterocycles. The molecule has 1 fully saturated rings. The van der Waals surface area contributed by atoms with Crippen molar-refractivity contribution in [1.29, 1.82) is 0 Å². The molecule has 8 nitrogen and oxygen atoms in total.